The average molecular weight is 284 g/mol. The van der Waals surface area contributed by atoms with E-state index in [9.17, 15) is 0 Å². The van der Waals surface area contributed by atoms with E-state index in [2.05, 4.69) is 44.8 Å². The van der Waals surface area contributed by atoms with E-state index in [0.29, 0.717) is 5.88 Å². The number of ether oxygens (including phenoxy) is 1. The van der Waals surface area contributed by atoms with Crippen LogP contribution in [0.4, 0.5) is 0 Å². The number of rotatable bonds is 3. The fourth-order valence-corrected chi connectivity index (χ4v) is 2.06. The standard InChI is InChI=1S/C18H24N2O/c1-12-10-15(18(3,4)5)7-8-16(12)21-17-9-6-14(11-20-17)13(2)19/h6-11,13H,19H2,1-5H3/t13-/m1/s1. The van der Waals surface area contributed by atoms with Gasteiger partial charge in [-0.05, 0) is 42.0 Å². The van der Waals surface area contributed by atoms with Crippen molar-refractivity contribution in [1.29, 1.82) is 0 Å². The number of pyridine rings is 1. The fraction of sp³-hybridized carbons (Fsp3) is 0.389. The van der Waals surface area contributed by atoms with E-state index in [1.165, 1.54) is 5.56 Å². The van der Waals surface area contributed by atoms with Gasteiger partial charge in [-0.2, -0.15) is 0 Å². The normalized spacial score (nSPS) is 13.0. The molecule has 1 aromatic carbocycles. The summed E-state index contributed by atoms with van der Waals surface area (Å²) < 4.78 is 5.86. The zero-order valence-corrected chi connectivity index (χ0v) is 13.5. The number of benzene rings is 1. The van der Waals surface area contributed by atoms with E-state index >= 15 is 0 Å². The molecule has 3 heteroatoms. The molecule has 0 saturated carbocycles. The van der Waals surface area contributed by atoms with Gasteiger partial charge < -0.3 is 10.5 Å². The SMILES string of the molecule is Cc1cc(C(C)(C)C)ccc1Oc1ccc([C@@H](C)N)cn1. The molecule has 21 heavy (non-hydrogen) atoms. The van der Waals surface area contributed by atoms with Gasteiger partial charge in [0.15, 0.2) is 0 Å². The van der Waals surface area contributed by atoms with Crippen LogP contribution in [0, 0.1) is 6.92 Å². The Bertz CT molecular complexity index is 610. The molecular formula is C18H24N2O. The molecular weight excluding hydrogens is 260 g/mol. The molecule has 1 heterocycles. The van der Waals surface area contributed by atoms with Gasteiger partial charge in [0, 0.05) is 18.3 Å². The van der Waals surface area contributed by atoms with Crippen molar-refractivity contribution < 1.29 is 4.74 Å². The van der Waals surface area contributed by atoms with Crippen LogP contribution in [0.5, 0.6) is 11.6 Å². The van der Waals surface area contributed by atoms with Crippen LogP contribution in [0.25, 0.3) is 0 Å². The van der Waals surface area contributed by atoms with Crippen LogP contribution in [-0.2, 0) is 5.41 Å². The van der Waals surface area contributed by atoms with Crippen LogP contribution in [0.2, 0.25) is 0 Å². The second-order valence-corrected chi connectivity index (χ2v) is 6.55. The average Bonchev–Trinajstić information content (AvgIpc) is 2.40. The van der Waals surface area contributed by atoms with Gasteiger partial charge in [0.25, 0.3) is 0 Å². The summed E-state index contributed by atoms with van der Waals surface area (Å²) in [4.78, 5) is 4.31. The van der Waals surface area contributed by atoms with Gasteiger partial charge in [0.2, 0.25) is 5.88 Å². The minimum Gasteiger partial charge on any atom is -0.439 e. The Balaban J connectivity index is 2.20. The topological polar surface area (TPSA) is 48.1 Å². The maximum Gasteiger partial charge on any atom is 0.219 e. The van der Waals surface area contributed by atoms with E-state index in [0.717, 1.165) is 16.9 Å². The van der Waals surface area contributed by atoms with Gasteiger partial charge in [-0.15, -0.1) is 0 Å². The highest BCUT2D eigenvalue weighted by atomic mass is 16.5. The first kappa shape index (κ1) is 15.5. The maximum absolute atomic E-state index is 5.86. The van der Waals surface area contributed by atoms with E-state index in [4.69, 9.17) is 10.5 Å². The van der Waals surface area contributed by atoms with Crippen molar-refractivity contribution in [2.45, 2.75) is 46.1 Å². The molecule has 0 aliphatic heterocycles. The Kier molecular flexibility index (Phi) is 4.33. The number of nitrogens with two attached hydrogens (primary N) is 1. The molecule has 0 spiro atoms. The summed E-state index contributed by atoms with van der Waals surface area (Å²) in [6.07, 6.45) is 1.76. The summed E-state index contributed by atoms with van der Waals surface area (Å²) in [5.41, 5.74) is 9.37. The number of hydrogen-bond acceptors (Lipinski definition) is 3. The minimum atomic E-state index is -0.0145. The van der Waals surface area contributed by atoms with Gasteiger partial charge in [0.1, 0.15) is 5.75 Å². The molecule has 0 aliphatic rings. The highest BCUT2D eigenvalue weighted by Gasteiger charge is 2.15. The quantitative estimate of drug-likeness (QED) is 0.902. The zero-order valence-electron chi connectivity index (χ0n) is 13.5. The van der Waals surface area contributed by atoms with E-state index in [1.807, 2.05) is 25.1 Å². The van der Waals surface area contributed by atoms with Gasteiger partial charge >= 0.3 is 0 Å². The minimum absolute atomic E-state index is 0.0145. The predicted molar refractivity (Wildman–Crippen MR) is 86.8 cm³/mol. The third-order valence-electron chi connectivity index (χ3n) is 3.54. The molecule has 2 rings (SSSR count). The molecule has 112 valence electrons. The number of aryl methyl sites for hydroxylation is 1. The van der Waals surface area contributed by atoms with Crippen LogP contribution in [-0.4, -0.2) is 4.98 Å². The second-order valence-electron chi connectivity index (χ2n) is 6.55. The lowest BCUT2D eigenvalue weighted by Gasteiger charge is -2.20. The Morgan fingerprint density at radius 1 is 1.14 bits per heavy atom. The van der Waals surface area contributed by atoms with Gasteiger partial charge in [0.05, 0.1) is 0 Å². The first-order chi connectivity index (χ1) is 9.77. The molecule has 2 aromatic rings. The van der Waals surface area contributed by atoms with E-state index in [1.54, 1.807) is 6.20 Å². The van der Waals surface area contributed by atoms with Crippen molar-refractivity contribution in [3.8, 4) is 11.6 Å². The zero-order chi connectivity index (χ0) is 15.6. The molecule has 0 saturated heterocycles. The van der Waals surface area contributed by atoms with Crippen molar-refractivity contribution in [3.63, 3.8) is 0 Å². The summed E-state index contributed by atoms with van der Waals surface area (Å²) in [5, 5.41) is 0. The number of aromatic nitrogens is 1. The molecule has 0 radical (unpaired) electrons. The van der Waals surface area contributed by atoms with Gasteiger partial charge in [-0.3, -0.25) is 0 Å². The highest BCUT2D eigenvalue weighted by molar-refractivity contribution is 5.40. The first-order valence-corrected chi connectivity index (χ1v) is 7.28. The van der Waals surface area contributed by atoms with Gasteiger partial charge in [-0.25, -0.2) is 4.98 Å². The van der Waals surface area contributed by atoms with Crippen molar-refractivity contribution >= 4 is 0 Å². The Labute approximate surface area is 127 Å². The van der Waals surface area contributed by atoms with Crippen molar-refractivity contribution in [2.24, 2.45) is 5.73 Å². The fourth-order valence-electron chi connectivity index (χ4n) is 2.06. The molecule has 0 aliphatic carbocycles. The molecule has 0 unspecified atom stereocenters. The summed E-state index contributed by atoms with van der Waals surface area (Å²) >= 11 is 0. The second kappa shape index (κ2) is 5.86. The molecule has 0 bridgehead atoms. The maximum atomic E-state index is 5.86. The third-order valence-corrected chi connectivity index (χ3v) is 3.54. The first-order valence-electron chi connectivity index (χ1n) is 7.28. The molecule has 1 aromatic heterocycles. The third kappa shape index (κ3) is 3.82. The lowest BCUT2D eigenvalue weighted by molar-refractivity contribution is 0.457. The largest absolute Gasteiger partial charge is 0.439 e. The molecule has 1 atom stereocenters. The monoisotopic (exact) mass is 284 g/mol. The summed E-state index contributed by atoms with van der Waals surface area (Å²) in [6.45, 7) is 10.6. The molecule has 0 amide bonds. The molecule has 2 N–H and O–H groups in total. The predicted octanol–water partition coefficient (Wildman–Crippen LogP) is 4.50. The van der Waals surface area contributed by atoms with Crippen LogP contribution in [0.15, 0.2) is 36.5 Å². The van der Waals surface area contributed by atoms with Gasteiger partial charge in [-0.1, -0.05) is 39.0 Å². The highest BCUT2D eigenvalue weighted by Crippen LogP contribution is 2.29. The van der Waals surface area contributed by atoms with Crippen LogP contribution in [0.3, 0.4) is 0 Å². The number of hydrogen-bond donors (Lipinski definition) is 1. The van der Waals surface area contributed by atoms with Crippen LogP contribution in [0.1, 0.15) is 50.4 Å². The lowest BCUT2D eigenvalue weighted by atomic mass is 9.86. The smallest absolute Gasteiger partial charge is 0.219 e. The van der Waals surface area contributed by atoms with Crippen LogP contribution >= 0.6 is 0 Å². The summed E-state index contributed by atoms with van der Waals surface area (Å²) in [5.74, 6) is 1.43. The summed E-state index contributed by atoms with van der Waals surface area (Å²) in [6, 6.07) is 10.1. The van der Waals surface area contributed by atoms with E-state index < -0.39 is 0 Å². The Morgan fingerprint density at radius 3 is 2.33 bits per heavy atom. The van der Waals surface area contributed by atoms with Crippen molar-refractivity contribution in [1.82, 2.24) is 4.98 Å². The lowest BCUT2D eigenvalue weighted by Crippen LogP contribution is -2.11. The van der Waals surface area contributed by atoms with Crippen molar-refractivity contribution in [3.05, 3.63) is 53.2 Å². The molecule has 0 fully saturated rings. The number of nitrogens with zero attached hydrogens (tertiary/aromatic N) is 1. The Hall–Kier alpha value is -1.87. The Morgan fingerprint density at radius 2 is 1.86 bits per heavy atom. The van der Waals surface area contributed by atoms with Crippen LogP contribution < -0.4 is 10.5 Å². The molecule has 3 nitrogen and oxygen atoms in total. The summed E-state index contributed by atoms with van der Waals surface area (Å²) in [7, 11) is 0. The van der Waals surface area contributed by atoms with Crippen molar-refractivity contribution in [2.75, 3.05) is 0 Å². The van der Waals surface area contributed by atoms with E-state index in [-0.39, 0.29) is 11.5 Å².